The molecule has 0 heterocycles. The standard InChI is InChI=1S/6CN.Fe.H3N/c6*1-2;;/h;;;;;;;1H3. The Labute approximate surface area is 78.7 Å². The zero-order valence-corrected chi connectivity index (χ0v) is 7.85. The molecule has 8 heteroatoms. The van der Waals surface area contributed by atoms with E-state index in [9.17, 15) is 0 Å². The minimum absolute atomic E-state index is 0. The Kier molecular flexibility index (Phi) is 2.72. The SMILES string of the molecule is N.N#[C][Fe]([C]#N)([C]#N)([C]#N)([C]#N)[C]#N. The molecule has 0 saturated carbocycles. The summed E-state index contributed by atoms with van der Waals surface area (Å²) in [7, 11) is -6.17. The Hall–Kier alpha value is -2.58. The van der Waals surface area contributed by atoms with Crippen molar-refractivity contribution in [3.8, 4) is 29.8 Å². The van der Waals surface area contributed by atoms with E-state index in [1.54, 1.807) is 0 Å². The number of hydrogen-bond acceptors (Lipinski definition) is 7. The third-order valence-electron chi connectivity index (χ3n) is 1.19. The van der Waals surface area contributed by atoms with Gasteiger partial charge in [0.2, 0.25) is 0 Å². The van der Waals surface area contributed by atoms with Gasteiger partial charge in [-0.25, -0.2) is 0 Å². The van der Waals surface area contributed by atoms with Crippen LogP contribution < -0.4 is 6.15 Å². The molecule has 0 saturated heterocycles. The van der Waals surface area contributed by atoms with E-state index in [2.05, 4.69) is 0 Å². The maximum absolute atomic E-state index is 8.58. The number of nitrogens with zero attached hydrogens (tertiary/aromatic N) is 6. The van der Waals surface area contributed by atoms with Crippen LogP contribution in [0, 0.1) is 61.4 Å². The first kappa shape index (κ1) is 14.0. The van der Waals surface area contributed by atoms with Crippen molar-refractivity contribution in [2.24, 2.45) is 0 Å². The van der Waals surface area contributed by atoms with E-state index >= 15 is 0 Å². The van der Waals surface area contributed by atoms with Crippen LogP contribution in [0.4, 0.5) is 0 Å². The average molecular weight is 229 g/mol. The fraction of sp³-hybridized carbons (Fsp3) is 0. The first-order valence-electron chi connectivity index (χ1n) is 2.40. The first-order chi connectivity index (χ1) is 5.97. The van der Waals surface area contributed by atoms with Crippen LogP contribution in [-0.4, -0.2) is 0 Å². The molecule has 0 amide bonds. The molecule has 14 heavy (non-hydrogen) atoms. The molecule has 0 bridgehead atoms. The van der Waals surface area contributed by atoms with Gasteiger partial charge in [-0.2, -0.15) is 0 Å². The zero-order valence-electron chi connectivity index (χ0n) is 6.74. The predicted octanol–water partition coefficient (Wildman–Crippen LogP) is 0.260. The van der Waals surface area contributed by atoms with Gasteiger partial charge >= 0.3 is 72.1 Å². The summed E-state index contributed by atoms with van der Waals surface area (Å²) in [4.78, 5) is 6.19. The van der Waals surface area contributed by atoms with Gasteiger partial charge in [0.1, 0.15) is 0 Å². The zero-order chi connectivity index (χ0) is 10.7. The molecule has 0 aliphatic carbocycles. The van der Waals surface area contributed by atoms with E-state index in [1.807, 2.05) is 0 Å². The van der Waals surface area contributed by atoms with E-state index < -0.39 is 10.7 Å². The van der Waals surface area contributed by atoms with Crippen LogP contribution in [0.5, 0.6) is 0 Å². The molecule has 0 aromatic heterocycles. The molecule has 0 aliphatic rings. The van der Waals surface area contributed by atoms with Gasteiger partial charge in [-0.05, 0) is 0 Å². The van der Waals surface area contributed by atoms with Crippen molar-refractivity contribution >= 4 is 0 Å². The summed E-state index contributed by atoms with van der Waals surface area (Å²) in [6, 6.07) is 0. The van der Waals surface area contributed by atoms with E-state index in [4.69, 9.17) is 31.6 Å². The fourth-order valence-corrected chi connectivity index (χ4v) is 1.09. The van der Waals surface area contributed by atoms with Crippen LogP contribution in [0.25, 0.3) is 0 Å². The molecular weight excluding hydrogens is 226 g/mol. The van der Waals surface area contributed by atoms with Gasteiger partial charge in [0.15, 0.2) is 0 Å². The van der Waals surface area contributed by atoms with Crippen LogP contribution >= 0.6 is 0 Å². The Balaban J connectivity index is 0. The molecule has 0 spiro atoms. The molecule has 0 aliphatic heterocycles. The van der Waals surface area contributed by atoms with Crippen LogP contribution in [0.2, 0.25) is 0 Å². The number of nitriles is 6. The van der Waals surface area contributed by atoms with Gasteiger partial charge in [0, 0.05) is 0 Å². The normalized spacial score (nSPS) is 12.4. The van der Waals surface area contributed by atoms with E-state index in [-0.39, 0.29) is 6.15 Å². The number of rotatable bonds is 0. The van der Waals surface area contributed by atoms with Crippen LogP contribution in [-0.2, 0) is 10.7 Å². The Morgan fingerprint density at radius 1 is 0.500 bits per heavy atom. The summed E-state index contributed by atoms with van der Waals surface area (Å²) in [5.41, 5.74) is 0. The topological polar surface area (TPSA) is 178 Å². The molecule has 0 fully saturated rings. The van der Waals surface area contributed by atoms with Crippen LogP contribution in [0.15, 0.2) is 0 Å². The van der Waals surface area contributed by atoms with E-state index in [0.29, 0.717) is 0 Å². The predicted molar refractivity (Wildman–Crippen MR) is 38.7 cm³/mol. The molecule has 3 N–H and O–H groups in total. The molecule has 0 aromatic carbocycles. The van der Waals surface area contributed by atoms with Crippen molar-refractivity contribution in [3.05, 3.63) is 0 Å². The second-order valence-electron chi connectivity index (χ2n) is 1.80. The third kappa shape index (κ3) is 0.888. The van der Waals surface area contributed by atoms with Gasteiger partial charge in [-0.15, -0.1) is 0 Å². The molecule has 70 valence electrons. The van der Waals surface area contributed by atoms with Gasteiger partial charge in [0.05, 0.1) is 0 Å². The van der Waals surface area contributed by atoms with Crippen molar-refractivity contribution in [3.63, 3.8) is 0 Å². The number of hydrogen-bond donors (Lipinski definition) is 1. The molecule has 0 rings (SSSR count). The molecular formula is C6H3FeN7. The van der Waals surface area contributed by atoms with Crippen LogP contribution in [0.3, 0.4) is 0 Å². The minimum atomic E-state index is -6.17. The van der Waals surface area contributed by atoms with Gasteiger partial charge < -0.3 is 6.15 Å². The second kappa shape index (κ2) is 2.72. The second-order valence-corrected chi connectivity index (χ2v) is 7.42. The quantitative estimate of drug-likeness (QED) is 0.578. The molecule has 0 radical (unpaired) electrons. The van der Waals surface area contributed by atoms with Gasteiger partial charge in [-0.3, -0.25) is 0 Å². The van der Waals surface area contributed by atoms with Crippen molar-refractivity contribution < 1.29 is 10.7 Å². The van der Waals surface area contributed by atoms with Gasteiger partial charge in [0.25, 0.3) is 0 Å². The van der Waals surface area contributed by atoms with Crippen molar-refractivity contribution in [1.29, 1.82) is 31.6 Å². The summed E-state index contributed by atoms with van der Waals surface area (Å²) in [5, 5.41) is 51.5. The summed E-state index contributed by atoms with van der Waals surface area (Å²) in [6.45, 7) is 0. The monoisotopic (exact) mass is 229 g/mol. The molecule has 0 aromatic rings. The molecule has 0 atom stereocenters. The van der Waals surface area contributed by atoms with E-state index in [0.717, 1.165) is 29.8 Å². The Morgan fingerprint density at radius 3 is 0.643 bits per heavy atom. The summed E-state index contributed by atoms with van der Waals surface area (Å²) in [5.74, 6) is 0. The Morgan fingerprint density at radius 2 is 0.643 bits per heavy atom. The summed E-state index contributed by atoms with van der Waals surface area (Å²) < 4.78 is 0. The van der Waals surface area contributed by atoms with Gasteiger partial charge in [-0.1, -0.05) is 0 Å². The third-order valence-corrected chi connectivity index (χ3v) is 4.89. The average Bonchev–Trinajstić information content (AvgIpc) is 2.26. The van der Waals surface area contributed by atoms with Crippen molar-refractivity contribution in [1.82, 2.24) is 6.15 Å². The summed E-state index contributed by atoms with van der Waals surface area (Å²) in [6.07, 6.45) is 0. The Bertz CT molecular complexity index is 388. The first-order valence-corrected chi connectivity index (χ1v) is 5.71. The van der Waals surface area contributed by atoms with Crippen molar-refractivity contribution in [2.45, 2.75) is 0 Å². The van der Waals surface area contributed by atoms with E-state index in [1.165, 1.54) is 0 Å². The summed E-state index contributed by atoms with van der Waals surface area (Å²) >= 11 is 0. The fourth-order valence-electron chi connectivity index (χ4n) is 0.265. The van der Waals surface area contributed by atoms with Crippen molar-refractivity contribution in [2.75, 3.05) is 0 Å². The van der Waals surface area contributed by atoms with Crippen LogP contribution in [0.1, 0.15) is 0 Å². The molecule has 0 unspecified atom stereocenters. The molecule has 7 nitrogen and oxygen atoms in total. The maximum atomic E-state index is 8.58.